The van der Waals surface area contributed by atoms with Gasteiger partial charge >= 0.3 is 0 Å². The Hall–Kier alpha value is -3.20. The monoisotopic (exact) mass is 394 g/mol. The van der Waals surface area contributed by atoms with E-state index in [-0.39, 0.29) is 63.7 Å². The molecule has 0 saturated carbocycles. The predicted octanol–water partition coefficient (Wildman–Crippen LogP) is 2.05. The minimum atomic E-state index is -1.18. The van der Waals surface area contributed by atoms with Gasteiger partial charge in [0, 0.05) is 11.1 Å². The Balaban J connectivity index is 2.12. The van der Waals surface area contributed by atoms with Crippen LogP contribution in [0.1, 0.15) is 23.1 Å². The molecule has 0 fully saturated rings. The van der Waals surface area contributed by atoms with Crippen molar-refractivity contribution in [3.63, 3.8) is 0 Å². The summed E-state index contributed by atoms with van der Waals surface area (Å²) in [6, 6.07) is 2.77. The molecule has 0 amide bonds. The molecule has 3 rings (SSSR count). The number of aliphatic hydroxyl groups excluding tert-OH is 1. The van der Waals surface area contributed by atoms with E-state index >= 15 is 0 Å². The van der Waals surface area contributed by atoms with Crippen LogP contribution in [0.25, 0.3) is 0 Å². The molecule has 1 aliphatic heterocycles. The van der Waals surface area contributed by atoms with Gasteiger partial charge < -0.3 is 44.1 Å². The van der Waals surface area contributed by atoms with E-state index in [0.29, 0.717) is 0 Å². The Morgan fingerprint density at radius 2 is 1.46 bits per heavy atom. The number of aliphatic hydroxyl groups is 1. The zero-order chi connectivity index (χ0) is 20.6. The average Bonchev–Trinajstić information content (AvgIpc) is 2.69. The topological polar surface area (TPSA) is 127 Å². The number of hydrogen-bond donors (Lipinski definition) is 4. The van der Waals surface area contributed by atoms with E-state index in [0.717, 1.165) is 0 Å². The van der Waals surface area contributed by atoms with Crippen LogP contribution in [-0.2, 0) is 0 Å². The molecule has 152 valence electrons. The van der Waals surface area contributed by atoms with Gasteiger partial charge in [0.15, 0.2) is 23.0 Å². The van der Waals surface area contributed by atoms with E-state index in [1.165, 1.54) is 40.6 Å². The first kappa shape index (κ1) is 19.6. The van der Waals surface area contributed by atoms with Crippen molar-refractivity contribution in [3.8, 4) is 46.0 Å². The Bertz CT molecular complexity index is 894. The molecule has 2 atom stereocenters. The van der Waals surface area contributed by atoms with Crippen LogP contribution in [0.2, 0.25) is 0 Å². The molecular formula is C19H22O9. The molecule has 1 aliphatic rings. The van der Waals surface area contributed by atoms with Crippen molar-refractivity contribution in [3.05, 3.63) is 23.3 Å². The number of fused-ring (bicyclic) bond motifs is 1. The van der Waals surface area contributed by atoms with E-state index in [1.54, 1.807) is 0 Å². The molecule has 0 bridgehead atoms. The van der Waals surface area contributed by atoms with Gasteiger partial charge in [-0.15, -0.1) is 0 Å². The van der Waals surface area contributed by atoms with Crippen LogP contribution in [0.15, 0.2) is 12.1 Å². The van der Waals surface area contributed by atoms with Gasteiger partial charge in [-0.3, -0.25) is 0 Å². The lowest BCUT2D eigenvalue weighted by Gasteiger charge is -2.32. The third-order valence-corrected chi connectivity index (χ3v) is 4.76. The summed E-state index contributed by atoms with van der Waals surface area (Å²) in [7, 11) is 5.42. The summed E-state index contributed by atoms with van der Waals surface area (Å²) in [6.07, 6.45) is -1.18. The number of ether oxygens (including phenoxy) is 5. The van der Waals surface area contributed by atoms with Crippen molar-refractivity contribution in [2.75, 3.05) is 35.0 Å². The van der Waals surface area contributed by atoms with Gasteiger partial charge in [-0.05, 0) is 12.1 Å². The zero-order valence-corrected chi connectivity index (χ0v) is 15.8. The van der Waals surface area contributed by atoms with Gasteiger partial charge in [0.05, 0.1) is 47.1 Å². The third-order valence-electron chi connectivity index (χ3n) is 4.76. The molecule has 0 radical (unpaired) electrons. The van der Waals surface area contributed by atoms with Crippen LogP contribution in [0.4, 0.5) is 0 Å². The maximum absolute atomic E-state index is 10.9. The summed E-state index contributed by atoms with van der Waals surface area (Å²) in [5, 5.41) is 42.2. The molecule has 0 aliphatic carbocycles. The van der Waals surface area contributed by atoms with Crippen molar-refractivity contribution in [1.29, 1.82) is 0 Å². The molecule has 4 N–H and O–H groups in total. The highest BCUT2D eigenvalue weighted by atomic mass is 16.5. The number of phenolic OH excluding ortho intramolecular Hbond substituents is 3. The van der Waals surface area contributed by atoms with E-state index < -0.39 is 12.0 Å². The quantitative estimate of drug-likeness (QED) is 0.563. The highest BCUT2D eigenvalue weighted by molar-refractivity contribution is 5.66. The molecular weight excluding hydrogens is 372 g/mol. The van der Waals surface area contributed by atoms with E-state index in [2.05, 4.69) is 0 Å². The summed E-state index contributed by atoms with van der Waals surface area (Å²) < 4.78 is 26.2. The Labute approximate surface area is 161 Å². The minimum absolute atomic E-state index is 0.0283. The second-order valence-corrected chi connectivity index (χ2v) is 6.14. The highest BCUT2D eigenvalue weighted by Gasteiger charge is 2.37. The molecule has 0 unspecified atom stereocenters. The lowest BCUT2D eigenvalue weighted by molar-refractivity contribution is 0.0843. The van der Waals surface area contributed by atoms with Crippen LogP contribution in [0, 0.1) is 0 Å². The van der Waals surface area contributed by atoms with Gasteiger partial charge in [0.1, 0.15) is 0 Å². The van der Waals surface area contributed by atoms with Crippen LogP contribution in [-0.4, -0.2) is 55.5 Å². The fourth-order valence-electron chi connectivity index (χ4n) is 3.40. The molecule has 1 heterocycles. The fourth-order valence-corrected chi connectivity index (χ4v) is 3.40. The molecule has 0 saturated heterocycles. The molecule has 9 nitrogen and oxygen atoms in total. The van der Waals surface area contributed by atoms with Crippen LogP contribution < -0.4 is 23.7 Å². The number of aromatic hydroxyl groups is 3. The minimum Gasteiger partial charge on any atom is -0.504 e. The largest absolute Gasteiger partial charge is 0.504 e. The summed E-state index contributed by atoms with van der Waals surface area (Å²) in [5.74, 6) is -1.36. The standard InChI is InChI=1S/C19H22O9/c1-24-12-6-9-13(21)10(7-28-16(9)15(23)18(12)26-3)8-5-11(20)17(25-2)19(27-4)14(8)22/h5-6,10,13,20-23H,7H2,1-4H3/t10-,13+/m1/s1. The van der Waals surface area contributed by atoms with E-state index in [4.69, 9.17) is 23.7 Å². The smallest absolute Gasteiger partial charge is 0.207 e. The maximum Gasteiger partial charge on any atom is 0.207 e. The van der Waals surface area contributed by atoms with Crippen LogP contribution in [0.5, 0.6) is 46.0 Å². The molecule has 2 aromatic carbocycles. The molecule has 0 aromatic heterocycles. The Morgan fingerprint density at radius 3 is 2.04 bits per heavy atom. The van der Waals surface area contributed by atoms with Crippen molar-refractivity contribution in [1.82, 2.24) is 0 Å². The predicted molar refractivity (Wildman–Crippen MR) is 97.3 cm³/mol. The molecule has 2 aromatic rings. The van der Waals surface area contributed by atoms with Crippen molar-refractivity contribution in [2.24, 2.45) is 0 Å². The first-order valence-electron chi connectivity index (χ1n) is 8.34. The number of hydrogen-bond acceptors (Lipinski definition) is 9. The number of benzene rings is 2. The first-order chi connectivity index (χ1) is 13.4. The lowest BCUT2D eigenvalue weighted by atomic mass is 9.86. The van der Waals surface area contributed by atoms with E-state index in [9.17, 15) is 20.4 Å². The van der Waals surface area contributed by atoms with Gasteiger partial charge in [-0.2, -0.15) is 0 Å². The van der Waals surface area contributed by atoms with Gasteiger partial charge in [0.2, 0.25) is 23.0 Å². The lowest BCUT2D eigenvalue weighted by Crippen LogP contribution is -2.24. The third kappa shape index (κ3) is 2.84. The fraction of sp³-hybridized carbons (Fsp3) is 0.368. The van der Waals surface area contributed by atoms with E-state index in [1.807, 2.05) is 0 Å². The average molecular weight is 394 g/mol. The van der Waals surface area contributed by atoms with Crippen molar-refractivity contribution < 1.29 is 44.1 Å². The SMILES string of the molecule is COc1cc2c(c(O)c1OC)OC[C@H](c1cc(O)c(OC)c(OC)c1O)[C@H]2O. The molecule has 28 heavy (non-hydrogen) atoms. The maximum atomic E-state index is 10.9. The summed E-state index contributed by atoms with van der Waals surface area (Å²) >= 11 is 0. The Kier molecular flexibility index (Phi) is 5.19. The van der Waals surface area contributed by atoms with Crippen molar-refractivity contribution in [2.45, 2.75) is 12.0 Å². The van der Waals surface area contributed by atoms with Crippen molar-refractivity contribution >= 4 is 0 Å². The Morgan fingerprint density at radius 1 is 0.821 bits per heavy atom. The van der Waals surface area contributed by atoms with Crippen LogP contribution >= 0.6 is 0 Å². The zero-order valence-electron chi connectivity index (χ0n) is 15.8. The van der Waals surface area contributed by atoms with Crippen LogP contribution in [0.3, 0.4) is 0 Å². The number of methoxy groups -OCH3 is 4. The highest BCUT2D eigenvalue weighted by Crippen LogP contribution is 2.55. The summed E-state index contributed by atoms with van der Waals surface area (Å²) in [5.41, 5.74) is 0.447. The van der Waals surface area contributed by atoms with Gasteiger partial charge in [0.25, 0.3) is 0 Å². The summed E-state index contributed by atoms with van der Waals surface area (Å²) in [4.78, 5) is 0. The second-order valence-electron chi connectivity index (χ2n) is 6.14. The molecule has 0 spiro atoms. The van der Waals surface area contributed by atoms with Gasteiger partial charge in [-0.25, -0.2) is 0 Å². The number of phenols is 3. The molecule has 9 heteroatoms. The van der Waals surface area contributed by atoms with Gasteiger partial charge in [-0.1, -0.05) is 0 Å². The second kappa shape index (κ2) is 7.43. The normalized spacial score (nSPS) is 18.0. The number of rotatable bonds is 5. The first-order valence-corrected chi connectivity index (χ1v) is 8.34. The summed E-state index contributed by atoms with van der Waals surface area (Å²) in [6.45, 7) is -0.0836.